The van der Waals surface area contributed by atoms with Crippen LogP contribution in [0.15, 0.2) is 97.2 Å². The molecule has 370 valence electrons. The van der Waals surface area contributed by atoms with E-state index in [0.29, 0.717) is 19.3 Å². The van der Waals surface area contributed by atoms with Crippen LogP contribution >= 0.6 is 0 Å². The van der Waals surface area contributed by atoms with Crippen LogP contribution in [0.2, 0.25) is 0 Å². The number of ether oxygens (including phenoxy) is 3. The molecule has 0 aliphatic carbocycles. The summed E-state index contributed by atoms with van der Waals surface area (Å²) in [5.41, 5.74) is 0. The molecule has 0 aromatic rings. The first-order valence-corrected chi connectivity index (χ1v) is 26.8. The molecule has 0 saturated heterocycles. The first-order valence-electron chi connectivity index (χ1n) is 26.8. The van der Waals surface area contributed by atoms with Crippen molar-refractivity contribution in [3.63, 3.8) is 0 Å². The van der Waals surface area contributed by atoms with Gasteiger partial charge in [0, 0.05) is 19.3 Å². The molecule has 0 rings (SSSR count). The van der Waals surface area contributed by atoms with E-state index in [1.807, 2.05) is 0 Å². The number of hydrogen-bond donors (Lipinski definition) is 0. The number of esters is 3. The molecule has 0 bridgehead atoms. The van der Waals surface area contributed by atoms with Gasteiger partial charge in [0.2, 0.25) is 0 Å². The molecule has 6 nitrogen and oxygen atoms in total. The van der Waals surface area contributed by atoms with Gasteiger partial charge in [0.05, 0.1) is 0 Å². The van der Waals surface area contributed by atoms with E-state index in [0.717, 1.165) is 122 Å². The maximum Gasteiger partial charge on any atom is 0.306 e. The zero-order valence-corrected chi connectivity index (χ0v) is 42.2. The Kier molecular flexibility index (Phi) is 50.0. The quantitative estimate of drug-likeness (QED) is 0.0199. The molecule has 0 aliphatic heterocycles. The van der Waals surface area contributed by atoms with Crippen molar-refractivity contribution in [2.75, 3.05) is 13.2 Å². The maximum atomic E-state index is 12.8. The highest BCUT2D eigenvalue weighted by Gasteiger charge is 2.19. The van der Waals surface area contributed by atoms with Crippen molar-refractivity contribution in [1.29, 1.82) is 0 Å². The Morgan fingerprint density at radius 3 is 0.985 bits per heavy atom. The van der Waals surface area contributed by atoms with Crippen molar-refractivity contribution in [2.45, 2.75) is 245 Å². The van der Waals surface area contributed by atoms with Gasteiger partial charge in [0.25, 0.3) is 0 Å². The van der Waals surface area contributed by atoms with E-state index in [2.05, 4.69) is 118 Å². The average Bonchev–Trinajstić information content (AvgIpc) is 3.30. The summed E-state index contributed by atoms with van der Waals surface area (Å²) >= 11 is 0. The fourth-order valence-corrected chi connectivity index (χ4v) is 7.08. The van der Waals surface area contributed by atoms with Crippen LogP contribution in [-0.4, -0.2) is 37.2 Å². The highest BCUT2D eigenvalue weighted by atomic mass is 16.6. The predicted molar refractivity (Wildman–Crippen MR) is 279 cm³/mol. The first-order chi connectivity index (χ1) is 32.0. The van der Waals surface area contributed by atoms with Crippen molar-refractivity contribution < 1.29 is 28.6 Å². The molecule has 0 amide bonds. The zero-order valence-electron chi connectivity index (χ0n) is 42.2. The Morgan fingerprint density at radius 1 is 0.308 bits per heavy atom. The summed E-state index contributed by atoms with van der Waals surface area (Å²) in [6.07, 6.45) is 69.5. The second kappa shape index (κ2) is 52.9. The van der Waals surface area contributed by atoms with Crippen LogP contribution in [0.3, 0.4) is 0 Å². The van der Waals surface area contributed by atoms with E-state index in [9.17, 15) is 14.4 Å². The van der Waals surface area contributed by atoms with Crippen molar-refractivity contribution in [2.24, 2.45) is 0 Å². The van der Waals surface area contributed by atoms with Gasteiger partial charge in [-0.3, -0.25) is 14.4 Å². The topological polar surface area (TPSA) is 78.9 Å². The van der Waals surface area contributed by atoms with Gasteiger partial charge in [0.15, 0.2) is 6.10 Å². The summed E-state index contributed by atoms with van der Waals surface area (Å²) in [5.74, 6) is -0.954. The number of carbonyl (C=O) groups is 3. The molecule has 0 fully saturated rings. The van der Waals surface area contributed by atoms with Gasteiger partial charge in [-0.15, -0.1) is 0 Å². The summed E-state index contributed by atoms with van der Waals surface area (Å²) in [6.45, 7) is 6.49. The Morgan fingerprint density at radius 2 is 0.585 bits per heavy atom. The third-order valence-electron chi connectivity index (χ3n) is 11.2. The highest BCUT2D eigenvalue weighted by Crippen LogP contribution is 2.13. The van der Waals surface area contributed by atoms with Crippen LogP contribution in [-0.2, 0) is 28.6 Å². The normalized spacial score (nSPS) is 12.8. The van der Waals surface area contributed by atoms with Crippen molar-refractivity contribution in [3.8, 4) is 0 Å². The molecule has 0 aromatic heterocycles. The Hall–Kier alpha value is -3.67. The summed E-state index contributed by atoms with van der Waals surface area (Å²) in [7, 11) is 0. The standard InChI is InChI=1S/C59H98O6/c1-4-7-10-13-16-19-22-24-26-28-30-32-34-37-40-43-46-49-52-58(61)64-55-56(54-63-57(60)51-48-45-42-39-36-21-18-15-12-9-6-3)65-59(62)53-50-47-44-41-38-35-33-31-29-27-25-23-20-17-14-11-8-5-2/h15-16,18-19,22-33,56H,4-14,17,20-21,34-55H2,1-3H3/b18-15-,19-16-,24-22-,25-23-,28-26-,29-27-,32-30-,33-31-. The van der Waals surface area contributed by atoms with Crippen LogP contribution in [0.1, 0.15) is 239 Å². The van der Waals surface area contributed by atoms with E-state index >= 15 is 0 Å². The number of allylic oxidation sites excluding steroid dienone is 16. The number of hydrogen-bond acceptors (Lipinski definition) is 6. The monoisotopic (exact) mass is 903 g/mol. The minimum Gasteiger partial charge on any atom is -0.462 e. The minimum absolute atomic E-state index is 0.0994. The second-order valence-corrected chi connectivity index (χ2v) is 17.6. The molecule has 0 aliphatic rings. The van der Waals surface area contributed by atoms with E-state index in [1.165, 1.54) is 77.0 Å². The number of unbranched alkanes of at least 4 members (excludes halogenated alkanes) is 25. The Labute approximate surface area is 400 Å². The molecule has 0 N–H and O–H groups in total. The van der Waals surface area contributed by atoms with E-state index < -0.39 is 6.10 Å². The number of carbonyl (C=O) groups excluding carboxylic acids is 3. The maximum absolute atomic E-state index is 12.8. The molecule has 1 unspecified atom stereocenters. The number of rotatable bonds is 47. The van der Waals surface area contributed by atoms with E-state index in [1.54, 1.807) is 0 Å². The first kappa shape index (κ1) is 61.3. The van der Waals surface area contributed by atoms with Crippen LogP contribution in [0.4, 0.5) is 0 Å². The van der Waals surface area contributed by atoms with Gasteiger partial charge < -0.3 is 14.2 Å². The van der Waals surface area contributed by atoms with Crippen LogP contribution < -0.4 is 0 Å². The minimum atomic E-state index is -0.802. The lowest BCUT2D eigenvalue weighted by molar-refractivity contribution is -0.167. The lowest BCUT2D eigenvalue weighted by Gasteiger charge is -2.18. The van der Waals surface area contributed by atoms with E-state index in [4.69, 9.17) is 14.2 Å². The van der Waals surface area contributed by atoms with Crippen LogP contribution in [0.25, 0.3) is 0 Å². The van der Waals surface area contributed by atoms with Gasteiger partial charge in [-0.1, -0.05) is 227 Å². The fraction of sp³-hybridized carbons (Fsp3) is 0.678. The lowest BCUT2D eigenvalue weighted by Crippen LogP contribution is -2.30. The van der Waals surface area contributed by atoms with Crippen molar-refractivity contribution in [3.05, 3.63) is 97.2 Å². The molecule has 0 radical (unpaired) electrons. The summed E-state index contributed by atoms with van der Waals surface area (Å²) in [4.78, 5) is 38.0. The highest BCUT2D eigenvalue weighted by molar-refractivity contribution is 5.71. The lowest BCUT2D eigenvalue weighted by atomic mass is 10.1. The molecule has 0 saturated carbocycles. The fourth-order valence-electron chi connectivity index (χ4n) is 7.08. The third kappa shape index (κ3) is 51.2. The zero-order chi connectivity index (χ0) is 47.2. The summed E-state index contributed by atoms with van der Waals surface area (Å²) < 4.78 is 16.8. The largest absolute Gasteiger partial charge is 0.462 e. The molecular formula is C59H98O6. The molecule has 0 spiro atoms. The van der Waals surface area contributed by atoms with Gasteiger partial charge in [0.1, 0.15) is 13.2 Å². The van der Waals surface area contributed by atoms with Gasteiger partial charge in [-0.05, 0) is 89.9 Å². The van der Waals surface area contributed by atoms with Gasteiger partial charge in [-0.25, -0.2) is 0 Å². The summed E-state index contributed by atoms with van der Waals surface area (Å²) in [6, 6.07) is 0. The SMILES string of the molecule is CCCC/C=C\CCCCCCCC(=O)OCC(COC(=O)CCCCCCC\C=C/C=C\C=C/C=C\CCCCC)OC(=O)CCCCCCC\C=C/C=C\C=C/CCCCCCC. The van der Waals surface area contributed by atoms with Crippen LogP contribution in [0.5, 0.6) is 0 Å². The van der Waals surface area contributed by atoms with Crippen molar-refractivity contribution >= 4 is 17.9 Å². The van der Waals surface area contributed by atoms with Gasteiger partial charge in [-0.2, -0.15) is 0 Å². The molecule has 1 atom stereocenters. The second-order valence-electron chi connectivity index (χ2n) is 17.6. The van der Waals surface area contributed by atoms with Crippen molar-refractivity contribution in [1.82, 2.24) is 0 Å². The molecule has 65 heavy (non-hydrogen) atoms. The Bertz CT molecular complexity index is 1310. The Balaban J connectivity index is 4.48. The predicted octanol–water partition coefficient (Wildman–Crippen LogP) is 17.8. The summed E-state index contributed by atoms with van der Waals surface area (Å²) in [5, 5.41) is 0. The molecule has 0 aromatic carbocycles. The van der Waals surface area contributed by atoms with Crippen LogP contribution in [0, 0.1) is 0 Å². The molecule has 0 heterocycles. The third-order valence-corrected chi connectivity index (χ3v) is 11.2. The molecule has 6 heteroatoms. The molecular weight excluding hydrogens is 805 g/mol. The van der Waals surface area contributed by atoms with Gasteiger partial charge >= 0.3 is 17.9 Å². The van der Waals surface area contributed by atoms with E-state index in [-0.39, 0.29) is 31.1 Å². The average molecular weight is 903 g/mol. The smallest absolute Gasteiger partial charge is 0.306 e.